The zero-order valence-corrected chi connectivity index (χ0v) is 12.4. The maximum absolute atomic E-state index is 5.44. The molecule has 0 radical (unpaired) electrons. The molecule has 3 heterocycles. The Kier molecular flexibility index (Phi) is 3.16. The summed E-state index contributed by atoms with van der Waals surface area (Å²) in [4.78, 5) is 1.63. The standard InChI is InChI=1S/C16H20N4O/c1-13-12-16-19(7-6-18-8-10-21-11-9-18)14-4-2-3-5-15(14)20(16)17-13/h2-5,12H,6-11H2,1H3/p+1. The van der Waals surface area contributed by atoms with Crippen LogP contribution in [0.1, 0.15) is 5.69 Å². The smallest absolute Gasteiger partial charge is 0.137 e. The molecule has 1 N–H and O–H groups in total. The Hall–Kier alpha value is -1.85. The number of nitrogens with zero attached hydrogens (tertiary/aromatic N) is 3. The van der Waals surface area contributed by atoms with Gasteiger partial charge >= 0.3 is 0 Å². The van der Waals surface area contributed by atoms with Crippen LogP contribution >= 0.6 is 0 Å². The topological polar surface area (TPSA) is 35.9 Å². The molecule has 1 aliphatic heterocycles. The van der Waals surface area contributed by atoms with E-state index in [0.717, 1.165) is 45.1 Å². The Labute approximate surface area is 123 Å². The minimum atomic E-state index is 0.892. The number of fused-ring (bicyclic) bond motifs is 3. The number of aromatic nitrogens is 3. The molecule has 4 rings (SSSR count). The first-order valence-corrected chi connectivity index (χ1v) is 7.68. The number of nitrogens with one attached hydrogen (secondary N) is 1. The first-order chi connectivity index (χ1) is 10.3. The summed E-state index contributed by atoms with van der Waals surface area (Å²) in [6.07, 6.45) is 0. The molecule has 0 amide bonds. The summed E-state index contributed by atoms with van der Waals surface area (Å²) in [5.41, 5.74) is 4.73. The van der Waals surface area contributed by atoms with Crippen molar-refractivity contribution < 1.29 is 9.64 Å². The molecule has 1 aromatic carbocycles. The zero-order valence-electron chi connectivity index (χ0n) is 12.4. The van der Waals surface area contributed by atoms with Gasteiger partial charge in [-0.2, -0.15) is 5.10 Å². The number of rotatable bonds is 3. The summed E-state index contributed by atoms with van der Waals surface area (Å²) >= 11 is 0. The third-order valence-electron chi connectivity index (χ3n) is 4.38. The average molecular weight is 285 g/mol. The van der Waals surface area contributed by atoms with Crippen LogP contribution in [-0.4, -0.2) is 47.0 Å². The number of hydrogen-bond donors (Lipinski definition) is 1. The van der Waals surface area contributed by atoms with Gasteiger partial charge in [0.25, 0.3) is 0 Å². The van der Waals surface area contributed by atoms with E-state index in [4.69, 9.17) is 4.74 Å². The number of aryl methyl sites for hydroxylation is 1. The Morgan fingerprint density at radius 3 is 2.76 bits per heavy atom. The molecule has 21 heavy (non-hydrogen) atoms. The normalized spacial score (nSPS) is 17.0. The second-order valence-corrected chi connectivity index (χ2v) is 5.81. The van der Waals surface area contributed by atoms with Gasteiger partial charge in [0.2, 0.25) is 0 Å². The fraction of sp³-hybridized carbons (Fsp3) is 0.438. The van der Waals surface area contributed by atoms with E-state index >= 15 is 0 Å². The summed E-state index contributed by atoms with van der Waals surface area (Å²) in [5.74, 6) is 0. The molecule has 1 aliphatic rings. The lowest BCUT2D eigenvalue weighted by Gasteiger charge is -2.24. The minimum Gasteiger partial charge on any atom is -0.370 e. The highest BCUT2D eigenvalue weighted by atomic mass is 16.5. The number of quaternary nitrogens is 1. The molecule has 0 spiro atoms. The van der Waals surface area contributed by atoms with Gasteiger partial charge in [-0.25, -0.2) is 4.52 Å². The van der Waals surface area contributed by atoms with E-state index in [0.29, 0.717) is 0 Å². The van der Waals surface area contributed by atoms with Crippen LogP contribution in [-0.2, 0) is 11.3 Å². The second-order valence-electron chi connectivity index (χ2n) is 5.81. The summed E-state index contributed by atoms with van der Waals surface area (Å²) in [7, 11) is 0. The molecular formula is C16H21N4O+. The van der Waals surface area contributed by atoms with Crippen LogP contribution in [0, 0.1) is 6.92 Å². The van der Waals surface area contributed by atoms with E-state index in [2.05, 4.69) is 51.4 Å². The Bertz CT molecular complexity index is 767. The van der Waals surface area contributed by atoms with Gasteiger partial charge in [-0.1, -0.05) is 12.1 Å². The highest BCUT2D eigenvalue weighted by Gasteiger charge is 2.16. The van der Waals surface area contributed by atoms with Crippen molar-refractivity contribution in [3.05, 3.63) is 36.0 Å². The van der Waals surface area contributed by atoms with Crippen molar-refractivity contribution in [1.29, 1.82) is 0 Å². The maximum atomic E-state index is 5.44. The summed E-state index contributed by atoms with van der Waals surface area (Å²) in [5, 5.41) is 4.63. The lowest BCUT2D eigenvalue weighted by molar-refractivity contribution is -0.908. The molecule has 1 fully saturated rings. The molecule has 0 bridgehead atoms. The van der Waals surface area contributed by atoms with Crippen LogP contribution in [0.15, 0.2) is 30.3 Å². The van der Waals surface area contributed by atoms with Gasteiger partial charge in [-0.05, 0) is 19.1 Å². The number of ether oxygens (including phenoxy) is 1. The first-order valence-electron chi connectivity index (χ1n) is 7.68. The molecule has 3 aromatic rings. The predicted octanol–water partition coefficient (Wildman–Crippen LogP) is 0.513. The lowest BCUT2D eigenvalue weighted by atomic mass is 10.3. The SMILES string of the molecule is Cc1cc2n(CC[NH+]3CCOCC3)c3ccccc3n2n1. The Morgan fingerprint density at radius 1 is 1.19 bits per heavy atom. The molecule has 5 nitrogen and oxygen atoms in total. The van der Waals surface area contributed by atoms with Gasteiger partial charge in [0.1, 0.15) is 18.7 Å². The van der Waals surface area contributed by atoms with E-state index < -0.39 is 0 Å². The summed E-state index contributed by atoms with van der Waals surface area (Å²) in [6.45, 7) is 8.24. The number of para-hydroxylation sites is 2. The van der Waals surface area contributed by atoms with Gasteiger partial charge in [-0.15, -0.1) is 0 Å². The number of benzene rings is 1. The number of hydrogen-bond acceptors (Lipinski definition) is 2. The first kappa shape index (κ1) is 12.9. The molecule has 0 aliphatic carbocycles. The quantitative estimate of drug-likeness (QED) is 0.761. The molecule has 0 saturated carbocycles. The van der Waals surface area contributed by atoms with Gasteiger partial charge in [0, 0.05) is 6.07 Å². The predicted molar refractivity (Wildman–Crippen MR) is 81.8 cm³/mol. The van der Waals surface area contributed by atoms with Crippen LogP contribution in [0.3, 0.4) is 0 Å². The largest absolute Gasteiger partial charge is 0.370 e. The zero-order chi connectivity index (χ0) is 14.2. The van der Waals surface area contributed by atoms with Crippen molar-refractivity contribution in [2.45, 2.75) is 13.5 Å². The number of morpholine rings is 1. The van der Waals surface area contributed by atoms with Crippen molar-refractivity contribution >= 4 is 16.7 Å². The molecular weight excluding hydrogens is 264 g/mol. The third-order valence-corrected chi connectivity index (χ3v) is 4.38. The summed E-state index contributed by atoms with van der Waals surface area (Å²) in [6, 6.07) is 10.7. The van der Waals surface area contributed by atoms with Crippen molar-refractivity contribution in [2.24, 2.45) is 0 Å². The van der Waals surface area contributed by atoms with Crippen LogP contribution in [0.2, 0.25) is 0 Å². The van der Waals surface area contributed by atoms with E-state index in [1.807, 2.05) is 0 Å². The Morgan fingerprint density at radius 2 is 1.95 bits per heavy atom. The van der Waals surface area contributed by atoms with E-state index in [9.17, 15) is 0 Å². The van der Waals surface area contributed by atoms with Crippen molar-refractivity contribution in [2.75, 3.05) is 32.8 Å². The van der Waals surface area contributed by atoms with Crippen LogP contribution < -0.4 is 4.90 Å². The third kappa shape index (κ3) is 2.22. The lowest BCUT2D eigenvalue weighted by Crippen LogP contribution is -3.14. The van der Waals surface area contributed by atoms with Crippen LogP contribution in [0.5, 0.6) is 0 Å². The van der Waals surface area contributed by atoms with E-state index in [1.54, 1.807) is 4.90 Å². The molecule has 1 saturated heterocycles. The van der Waals surface area contributed by atoms with Gasteiger partial charge in [-0.3, -0.25) is 0 Å². The fourth-order valence-corrected chi connectivity index (χ4v) is 3.27. The minimum absolute atomic E-state index is 0.892. The van der Waals surface area contributed by atoms with Crippen LogP contribution in [0.25, 0.3) is 16.7 Å². The molecule has 2 aromatic heterocycles. The van der Waals surface area contributed by atoms with Crippen molar-refractivity contribution in [3.8, 4) is 0 Å². The molecule has 0 unspecified atom stereocenters. The monoisotopic (exact) mass is 285 g/mol. The van der Waals surface area contributed by atoms with Gasteiger partial charge < -0.3 is 14.2 Å². The fourth-order valence-electron chi connectivity index (χ4n) is 3.27. The highest BCUT2D eigenvalue weighted by Crippen LogP contribution is 2.20. The van der Waals surface area contributed by atoms with Crippen molar-refractivity contribution in [1.82, 2.24) is 14.2 Å². The maximum Gasteiger partial charge on any atom is 0.137 e. The summed E-state index contributed by atoms with van der Waals surface area (Å²) < 4.78 is 9.91. The van der Waals surface area contributed by atoms with Gasteiger partial charge in [0.15, 0.2) is 0 Å². The second kappa shape index (κ2) is 5.16. The van der Waals surface area contributed by atoms with E-state index in [1.165, 1.54) is 16.7 Å². The Balaban J connectivity index is 1.71. The molecule has 110 valence electrons. The molecule has 5 heteroatoms. The van der Waals surface area contributed by atoms with Crippen LogP contribution in [0.4, 0.5) is 0 Å². The number of imidazole rings is 1. The van der Waals surface area contributed by atoms with Crippen molar-refractivity contribution in [3.63, 3.8) is 0 Å². The highest BCUT2D eigenvalue weighted by molar-refractivity contribution is 5.81. The average Bonchev–Trinajstić information content (AvgIpc) is 3.02. The van der Waals surface area contributed by atoms with E-state index in [-0.39, 0.29) is 0 Å². The molecule has 0 atom stereocenters. The van der Waals surface area contributed by atoms with Gasteiger partial charge in [0.05, 0.1) is 43.0 Å².